The number of aromatic amines is 1. The molecule has 0 unspecified atom stereocenters. The fourth-order valence-corrected chi connectivity index (χ4v) is 2.30. The highest BCUT2D eigenvalue weighted by atomic mass is 35.5. The molecule has 2 N–H and O–H groups in total. The largest absolute Gasteiger partial charge is 0.317 e. The summed E-state index contributed by atoms with van der Waals surface area (Å²) in [6.07, 6.45) is 2.33. The van der Waals surface area contributed by atoms with Crippen LogP contribution in [0.5, 0.6) is 0 Å². The Labute approximate surface area is 101 Å². The minimum Gasteiger partial charge on any atom is -0.317 e. The van der Waals surface area contributed by atoms with Gasteiger partial charge in [0.05, 0.1) is 0 Å². The van der Waals surface area contributed by atoms with E-state index < -0.39 is 0 Å². The molecule has 1 aromatic heterocycles. The summed E-state index contributed by atoms with van der Waals surface area (Å²) in [5, 5.41) is 10.6. The molecule has 0 aliphatic carbocycles. The van der Waals surface area contributed by atoms with E-state index in [2.05, 4.69) is 27.0 Å². The quantitative estimate of drug-likeness (QED) is 0.786. The van der Waals surface area contributed by atoms with Gasteiger partial charge in [-0.05, 0) is 45.1 Å². The molecule has 2 heterocycles. The van der Waals surface area contributed by atoms with Gasteiger partial charge in [-0.15, -0.1) is 12.4 Å². The molecule has 0 atom stereocenters. The van der Waals surface area contributed by atoms with Crippen LogP contribution < -0.4 is 5.32 Å². The van der Waals surface area contributed by atoms with Crippen molar-refractivity contribution in [2.24, 2.45) is 0 Å². The van der Waals surface area contributed by atoms with E-state index in [1.807, 2.05) is 0 Å². The maximum atomic E-state index is 5.17. The second kappa shape index (κ2) is 5.63. The van der Waals surface area contributed by atoms with Crippen molar-refractivity contribution in [2.75, 3.05) is 13.1 Å². The third kappa shape index (κ3) is 2.59. The van der Waals surface area contributed by atoms with Crippen molar-refractivity contribution in [3.05, 3.63) is 10.6 Å². The van der Waals surface area contributed by atoms with Crippen molar-refractivity contribution in [1.82, 2.24) is 20.1 Å². The first kappa shape index (κ1) is 12.7. The molecule has 1 saturated heterocycles. The average molecular weight is 249 g/mol. The second-order valence-corrected chi connectivity index (χ2v) is 4.04. The van der Waals surface area contributed by atoms with Crippen LogP contribution in [0.15, 0.2) is 0 Å². The van der Waals surface area contributed by atoms with Crippen LogP contribution in [0.4, 0.5) is 0 Å². The Morgan fingerprint density at radius 3 is 2.73 bits per heavy atom. The van der Waals surface area contributed by atoms with Crippen molar-refractivity contribution in [3.63, 3.8) is 0 Å². The summed E-state index contributed by atoms with van der Waals surface area (Å²) >= 11 is 5.17. The number of halogens is 1. The number of nitrogens with zero attached hydrogens (tertiary/aromatic N) is 2. The first-order valence-corrected chi connectivity index (χ1v) is 5.59. The van der Waals surface area contributed by atoms with Gasteiger partial charge in [-0.3, -0.25) is 5.10 Å². The van der Waals surface area contributed by atoms with E-state index >= 15 is 0 Å². The summed E-state index contributed by atoms with van der Waals surface area (Å²) in [7, 11) is 0. The number of piperidine rings is 1. The zero-order valence-corrected chi connectivity index (χ0v) is 10.5. The van der Waals surface area contributed by atoms with Gasteiger partial charge in [-0.2, -0.15) is 5.10 Å². The summed E-state index contributed by atoms with van der Waals surface area (Å²) in [5.41, 5.74) is 0. The van der Waals surface area contributed by atoms with E-state index in [1.165, 1.54) is 12.8 Å². The van der Waals surface area contributed by atoms with E-state index in [9.17, 15) is 0 Å². The Morgan fingerprint density at radius 1 is 1.47 bits per heavy atom. The third-order valence-electron chi connectivity index (χ3n) is 2.81. The fourth-order valence-electron chi connectivity index (χ4n) is 2.03. The van der Waals surface area contributed by atoms with Gasteiger partial charge in [0.2, 0.25) is 0 Å². The van der Waals surface area contributed by atoms with Gasteiger partial charge in [-0.1, -0.05) is 0 Å². The van der Waals surface area contributed by atoms with E-state index in [0.29, 0.717) is 5.92 Å². The summed E-state index contributed by atoms with van der Waals surface area (Å²) in [5.74, 6) is 1.71. The molecule has 15 heavy (non-hydrogen) atoms. The van der Waals surface area contributed by atoms with Gasteiger partial charge in [0, 0.05) is 12.5 Å². The Balaban J connectivity index is 0.00000112. The lowest BCUT2D eigenvalue weighted by atomic mass is 9.97. The molecular weight excluding hydrogens is 232 g/mol. The van der Waals surface area contributed by atoms with E-state index in [4.69, 9.17) is 12.2 Å². The predicted molar refractivity (Wildman–Crippen MR) is 65.2 cm³/mol. The second-order valence-electron chi connectivity index (χ2n) is 3.66. The number of rotatable bonds is 2. The van der Waals surface area contributed by atoms with Crippen LogP contribution in [0.2, 0.25) is 0 Å². The van der Waals surface area contributed by atoms with Crippen molar-refractivity contribution < 1.29 is 0 Å². The zero-order chi connectivity index (χ0) is 9.97. The molecule has 0 radical (unpaired) electrons. The van der Waals surface area contributed by atoms with E-state index in [0.717, 1.165) is 30.2 Å². The third-order valence-corrected chi connectivity index (χ3v) is 3.12. The molecule has 0 aromatic carbocycles. The monoisotopic (exact) mass is 248 g/mol. The predicted octanol–water partition coefficient (Wildman–Crippen LogP) is 1.85. The molecule has 2 rings (SSSR count). The van der Waals surface area contributed by atoms with Crippen LogP contribution in [0.1, 0.15) is 31.5 Å². The lowest BCUT2D eigenvalue weighted by Gasteiger charge is -2.21. The Hall–Kier alpha value is -0.390. The van der Waals surface area contributed by atoms with Crippen molar-refractivity contribution in [1.29, 1.82) is 0 Å². The number of nitrogens with one attached hydrogen (secondary N) is 2. The molecule has 1 aliphatic rings. The molecule has 1 aromatic rings. The zero-order valence-electron chi connectivity index (χ0n) is 8.82. The highest BCUT2D eigenvalue weighted by molar-refractivity contribution is 7.71. The normalized spacial score (nSPS) is 17.4. The molecule has 0 amide bonds. The summed E-state index contributed by atoms with van der Waals surface area (Å²) in [4.78, 5) is 0. The molecule has 0 saturated carbocycles. The van der Waals surface area contributed by atoms with Crippen LogP contribution in [0, 0.1) is 4.77 Å². The van der Waals surface area contributed by atoms with Crippen molar-refractivity contribution in [2.45, 2.75) is 32.2 Å². The van der Waals surface area contributed by atoms with Gasteiger partial charge >= 0.3 is 0 Å². The van der Waals surface area contributed by atoms with E-state index in [-0.39, 0.29) is 12.4 Å². The highest BCUT2D eigenvalue weighted by Gasteiger charge is 2.20. The molecule has 6 heteroatoms. The van der Waals surface area contributed by atoms with Crippen LogP contribution in [0.3, 0.4) is 0 Å². The number of aromatic nitrogens is 3. The summed E-state index contributed by atoms with van der Waals surface area (Å²) < 4.78 is 2.85. The fraction of sp³-hybridized carbons (Fsp3) is 0.778. The van der Waals surface area contributed by atoms with E-state index in [1.54, 1.807) is 0 Å². The van der Waals surface area contributed by atoms with Crippen molar-refractivity contribution >= 4 is 24.6 Å². The number of H-pyrrole nitrogens is 1. The molecule has 0 spiro atoms. The van der Waals surface area contributed by atoms with Gasteiger partial charge in [0.25, 0.3) is 0 Å². The molecule has 0 bridgehead atoms. The molecular formula is C9H17ClN4S. The molecule has 1 aliphatic heterocycles. The van der Waals surface area contributed by atoms with Gasteiger partial charge in [0.1, 0.15) is 5.82 Å². The lowest BCUT2D eigenvalue weighted by Crippen LogP contribution is -2.28. The van der Waals surface area contributed by atoms with Gasteiger partial charge in [-0.25, -0.2) is 0 Å². The maximum absolute atomic E-state index is 5.17. The SMILES string of the molecule is CCn1c(C2CCNCC2)n[nH]c1=S.Cl. The first-order chi connectivity index (χ1) is 6.83. The topological polar surface area (TPSA) is 45.6 Å². The van der Waals surface area contributed by atoms with Crippen LogP contribution in [0.25, 0.3) is 0 Å². The molecule has 4 nitrogen and oxygen atoms in total. The minimum atomic E-state index is 0. The molecule has 86 valence electrons. The van der Waals surface area contributed by atoms with Crippen LogP contribution in [-0.2, 0) is 6.54 Å². The average Bonchev–Trinajstić information content (AvgIpc) is 2.61. The first-order valence-electron chi connectivity index (χ1n) is 5.18. The molecule has 1 fully saturated rings. The Bertz CT molecular complexity index is 353. The van der Waals surface area contributed by atoms with Crippen molar-refractivity contribution in [3.8, 4) is 0 Å². The minimum absolute atomic E-state index is 0. The van der Waals surface area contributed by atoms with Crippen LogP contribution >= 0.6 is 24.6 Å². The highest BCUT2D eigenvalue weighted by Crippen LogP contribution is 2.23. The van der Waals surface area contributed by atoms with Gasteiger partial charge < -0.3 is 9.88 Å². The van der Waals surface area contributed by atoms with Crippen LogP contribution in [-0.4, -0.2) is 27.9 Å². The smallest absolute Gasteiger partial charge is 0.195 e. The number of hydrogen-bond donors (Lipinski definition) is 2. The number of hydrogen-bond acceptors (Lipinski definition) is 3. The standard InChI is InChI=1S/C9H16N4S.ClH/c1-2-13-8(11-12-9(13)14)7-3-5-10-6-4-7;/h7,10H,2-6H2,1H3,(H,12,14);1H. The lowest BCUT2D eigenvalue weighted by molar-refractivity contribution is 0.431. The summed E-state index contributed by atoms with van der Waals surface area (Å²) in [6, 6.07) is 0. The van der Waals surface area contributed by atoms with Gasteiger partial charge in [0.15, 0.2) is 4.77 Å². The Morgan fingerprint density at radius 2 is 2.13 bits per heavy atom. The Kier molecular flexibility index (Phi) is 4.76. The summed E-state index contributed by atoms with van der Waals surface area (Å²) in [6.45, 7) is 5.20. The maximum Gasteiger partial charge on any atom is 0.195 e.